The van der Waals surface area contributed by atoms with Gasteiger partial charge in [0.15, 0.2) is 0 Å². The molecule has 0 heterocycles. The van der Waals surface area contributed by atoms with Crippen molar-refractivity contribution in [3.05, 3.63) is 23.8 Å². The molecule has 0 fully saturated rings. The molecule has 1 rings (SSSR count). The number of carboxylic acid groups (broad SMARTS) is 1. The van der Waals surface area contributed by atoms with E-state index in [1.807, 2.05) is 13.8 Å². The lowest BCUT2D eigenvalue weighted by Gasteiger charge is -2.15. The molecule has 0 aliphatic carbocycles. The van der Waals surface area contributed by atoms with Crippen LogP contribution in [0.25, 0.3) is 0 Å². The summed E-state index contributed by atoms with van der Waals surface area (Å²) in [5, 5.41) is 23.6. The number of carbonyl (C=O) groups excluding carboxylic acids is 1. The van der Waals surface area contributed by atoms with Crippen molar-refractivity contribution in [2.75, 3.05) is 5.32 Å². The first-order chi connectivity index (χ1) is 8.97. The zero-order chi connectivity index (χ0) is 14.4. The van der Waals surface area contributed by atoms with E-state index in [-0.39, 0.29) is 23.0 Å². The minimum absolute atomic E-state index is 0.0385. The molecule has 0 aliphatic rings. The van der Waals surface area contributed by atoms with Crippen LogP contribution in [-0.2, 0) is 0 Å². The molecule has 0 aliphatic heterocycles. The van der Waals surface area contributed by atoms with Crippen molar-refractivity contribution in [1.29, 1.82) is 0 Å². The maximum absolute atomic E-state index is 11.7. The molecule has 6 heteroatoms. The van der Waals surface area contributed by atoms with E-state index >= 15 is 0 Å². The van der Waals surface area contributed by atoms with E-state index in [0.29, 0.717) is 0 Å². The average Bonchev–Trinajstić information content (AvgIpc) is 2.38. The van der Waals surface area contributed by atoms with Gasteiger partial charge in [0.2, 0.25) is 0 Å². The first-order valence-corrected chi connectivity index (χ1v) is 6.11. The third-order valence-electron chi connectivity index (χ3n) is 2.81. The van der Waals surface area contributed by atoms with Gasteiger partial charge in [-0.15, -0.1) is 0 Å². The molecule has 0 unspecified atom stereocenters. The first-order valence-electron chi connectivity index (χ1n) is 6.11. The van der Waals surface area contributed by atoms with Gasteiger partial charge in [0, 0.05) is 6.04 Å². The van der Waals surface area contributed by atoms with E-state index < -0.39 is 12.0 Å². The summed E-state index contributed by atoms with van der Waals surface area (Å²) in [4.78, 5) is 22.4. The van der Waals surface area contributed by atoms with Crippen LogP contribution in [0.5, 0.6) is 5.75 Å². The lowest BCUT2D eigenvalue weighted by molar-refractivity contribution is 0.0696. The third-order valence-corrected chi connectivity index (χ3v) is 2.81. The molecule has 4 N–H and O–H groups in total. The molecule has 0 bridgehead atoms. The van der Waals surface area contributed by atoms with Gasteiger partial charge < -0.3 is 20.8 Å². The van der Waals surface area contributed by atoms with E-state index in [1.54, 1.807) is 0 Å². The number of phenols is 1. The highest BCUT2D eigenvalue weighted by Gasteiger charge is 2.12. The van der Waals surface area contributed by atoms with Gasteiger partial charge in [0.25, 0.3) is 0 Å². The number of anilines is 1. The number of carbonyl (C=O) groups is 2. The largest absolute Gasteiger partial charge is 0.506 e. The van der Waals surface area contributed by atoms with Gasteiger partial charge in [0.05, 0.1) is 11.3 Å². The van der Waals surface area contributed by atoms with Crippen LogP contribution in [0.3, 0.4) is 0 Å². The fourth-order valence-electron chi connectivity index (χ4n) is 1.61. The SMILES string of the molecule is CCC(CC)NC(=O)Nc1ccc(C(=O)O)cc1O. The predicted octanol–water partition coefficient (Wildman–Crippen LogP) is 2.40. The van der Waals surface area contributed by atoms with Crippen molar-refractivity contribution < 1.29 is 19.8 Å². The molecule has 0 radical (unpaired) electrons. The molecule has 6 nitrogen and oxygen atoms in total. The highest BCUT2D eigenvalue weighted by Crippen LogP contribution is 2.24. The Morgan fingerprint density at radius 1 is 1.26 bits per heavy atom. The van der Waals surface area contributed by atoms with Crippen LogP contribution in [0, 0.1) is 0 Å². The van der Waals surface area contributed by atoms with Gasteiger partial charge in [-0.2, -0.15) is 0 Å². The average molecular weight is 266 g/mol. The van der Waals surface area contributed by atoms with Crippen molar-refractivity contribution in [2.24, 2.45) is 0 Å². The number of aromatic carboxylic acids is 1. The first kappa shape index (κ1) is 14.8. The maximum Gasteiger partial charge on any atom is 0.335 e. The summed E-state index contributed by atoms with van der Waals surface area (Å²) >= 11 is 0. The fraction of sp³-hybridized carbons (Fsp3) is 0.385. The maximum atomic E-state index is 11.7. The lowest BCUT2D eigenvalue weighted by Crippen LogP contribution is -2.37. The van der Waals surface area contributed by atoms with Gasteiger partial charge >= 0.3 is 12.0 Å². The Balaban J connectivity index is 2.72. The number of aromatic hydroxyl groups is 1. The lowest BCUT2D eigenvalue weighted by atomic mass is 10.2. The molecule has 0 spiro atoms. The van der Waals surface area contributed by atoms with E-state index in [9.17, 15) is 14.7 Å². The normalized spacial score (nSPS) is 10.3. The second-order valence-electron chi connectivity index (χ2n) is 4.15. The molecule has 0 saturated heterocycles. The van der Waals surface area contributed by atoms with Crippen molar-refractivity contribution in [2.45, 2.75) is 32.7 Å². The summed E-state index contributed by atoms with van der Waals surface area (Å²) in [6, 6.07) is 3.40. The zero-order valence-electron chi connectivity index (χ0n) is 10.9. The van der Waals surface area contributed by atoms with Crippen LogP contribution in [0.4, 0.5) is 10.5 Å². The van der Waals surface area contributed by atoms with Crippen LogP contribution in [0.1, 0.15) is 37.0 Å². The van der Waals surface area contributed by atoms with E-state index in [1.165, 1.54) is 12.1 Å². The Morgan fingerprint density at radius 3 is 2.37 bits per heavy atom. The molecule has 0 aromatic heterocycles. The van der Waals surface area contributed by atoms with Crippen LogP contribution < -0.4 is 10.6 Å². The summed E-state index contributed by atoms with van der Waals surface area (Å²) in [5.41, 5.74) is 0.136. The number of hydrogen-bond donors (Lipinski definition) is 4. The Kier molecular flexibility index (Phi) is 5.17. The highest BCUT2D eigenvalue weighted by molar-refractivity contribution is 5.93. The summed E-state index contributed by atoms with van der Waals surface area (Å²) in [5.74, 6) is -1.41. The molecular weight excluding hydrogens is 248 g/mol. The van der Waals surface area contributed by atoms with E-state index in [0.717, 1.165) is 18.9 Å². The quantitative estimate of drug-likeness (QED) is 0.615. The summed E-state index contributed by atoms with van der Waals surface area (Å²) in [6.07, 6.45) is 1.63. The topological polar surface area (TPSA) is 98.7 Å². The minimum Gasteiger partial charge on any atom is -0.506 e. The second-order valence-corrected chi connectivity index (χ2v) is 4.15. The van der Waals surface area contributed by atoms with Crippen LogP contribution >= 0.6 is 0 Å². The molecule has 2 amide bonds. The van der Waals surface area contributed by atoms with Gasteiger partial charge in [-0.05, 0) is 31.0 Å². The second kappa shape index (κ2) is 6.63. The summed E-state index contributed by atoms with van der Waals surface area (Å²) in [7, 11) is 0. The molecule has 0 saturated carbocycles. The van der Waals surface area contributed by atoms with Crippen LogP contribution in [0.15, 0.2) is 18.2 Å². The van der Waals surface area contributed by atoms with Gasteiger partial charge in [0.1, 0.15) is 5.75 Å². The highest BCUT2D eigenvalue weighted by atomic mass is 16.4. The molecule has 1 aromatic rings. The molecular formula is C13H18N2O4. The number of nitrogens with one attached hydrogen (secondary N) is 2. The smallest absolute Gasteiger partial charge is 0.335 e. The minimum atomic E-state index is -1.14. The Hall–Kier alpha value is -2.24. The summed E-state index contributed by atoms with van der Waals surface area (Å²) in [6.45, 7) is 3.93. The monoisotopic (exact) mass is 266 g/mol. The van der Waals surface area contributed by atoms with E-state index in [4.69, 9.17) is 5.11 Å². The fourth-order valence-corrected chi connectivity index (χ4v) is 1.61. The Morgan fingerprint density at radius 2 is 1.89 bits per heavy atom. The predicted molar refractivity (Wildman–Crippen MR) is 71.6 cm³/mol. The standard InChI is InChI=1S/C13H18N2O4/c1-3-9(4-2)14-13(19)15-10-6-5-8(12(17)18)7-11(10)16/h5-7,9,16H,3-4H2,1-2H3,(H,17,18)(H2,14,15,19). The summed E-state index contributed by atoms with van der Waals surface area (Å²) < 4.78 is 0. The molecule has 0 atom stereocenters. The third kappa shape index (κ3) is 4.17. The van der Waals surface area contributed by atoms with Crippen molar-refractivity contribution in [3.8, 4) is 5.75 Å². The van der Waals surface area contributed by atoms with Gasteiger partial charge in [-0.25, -0.2) is 9.59 Å². The molecule has 104 valence electrons. The van der Waals surface area contributed by atoms with Crippen molar-refractivity contribution in [1.82, 2.24) is 5.32 Å². The number of hydrogen-bond acceptors (Lipinski definition) is 3. The van der Waals surface area contributed by atoms with Crippen molar-refractivity contribution in [3.63, 3.8) is 0 Å². The van der Waals surface area contributed by atoms with Crippen molar-refractivity contribution >= 4 is 17.7 Å². The Labute approximate surface area is 111 Å². The Bertz CT molecular complexity index is 470. The van der Waals surface area contributed by atoms with Gasteiger partial charge in [-0.3, -0.25) is 0 Å². The number of phenolic OH excluding ortho intramolecular Hbond substituents is 1. The number of urea groups is 1. The van der Waals surface area contributed by atoms with E-state index in [2.05, 4.69) is 10.6 Å². The van der Waals surface area contributed by atoms with Crippen LogP contribution in [0.2, 0.25) is 0 Å². The molecule has 19 heavy (non-hydrogen) atoms. The van der Waals surface area contributed by atoms with Crippen LogP contribution in [-0.4, -0.2) is 28.3 Å². The van der Waals surface area contributed by atoms with Gasteiger partial charge in [-0.1, -0.05) is 13.8 Å². The number of benzene rings is 1. The number of rotatable bonds is 5. The number of carboxylic acids is 1. The molecule has 1 aromatic carbocycles. The number of amides is 2. The zero-order valence-corrected chi connectivity index (χ0v) is 10.9.